The Labute approximate surface area is 166 Å². The number of hydrogen-bond donors (Lipinski definition) is 2. The molecule has 2 aromatic rings. The first-order valence-corrected chi connectivity index (χ1v) is 9.46. The van der Waals surface area contributed by atoms with Gasteiger partial charge in [-0.2, -0.15) is 13.2 Å². The van der Waals surface area contributed by atoms with Gasteiger partial charge in [0.05, 0.1) is 18.3 Å². The summed E-state index contributed by atoms with van der Waals surface area (Å²) in [5.74, 6) is -0.220. The van der Waals surface area contributed by atoms with Gasteiger partial charge >= 0.3 is 6.18 Å². The number of aliphatic hydroxyl groups excluding tert-OH is 1. The van der Waals surface area contributed by atoms with Crippen LogP contribution in [-0.4, -0.2) is 23.7 Å². The van der Waals surface area contributed by atoms with E-state index in [2.05, 4.69) is 5.32 Å². The van der Waals surface area contributed by atoms with Crippen LogP contribution in [0.15, 0.2) is 42.5 Å². The molecule has 1 atom stereocenters. The van der Waals surface area contributed by atoms with Crippen molar-refractivity contribution in [1.29, 1.82) is 0 Å². The average Bonchev–Trinajstić information content (AvgIpc) is 2.93. The molecule has 4 rings (SSSR count). The zero-order valence-corrected chi connectivity index (χ0v) is 15.6. The van der Waals surface area contributed by atoms with Crippen molar-refractivity contribution in [3.63, 3.8) is 0 Å². The van der Waals surface area contributed by atoms with Crippen molar-refractivity contribution in [2.45, 2.75) is 38.0 Å². The second kappa shape index (κ2) is 7.55. The van der Waals surface area contributed by atoms with Gasteiger partial charge in [-0.15, -0.1) is 0 Å². The van der Waals surface area contributed by atoms with Gasteiger partial charge in [0.25, 0.3) is 0 Å². The second-order valence-corrected chi connectivity index (χ2v) is 7.32. The molecule has 4 nitrogen and oxygen atoms in total. The number of allylic oxidation sites excluding steroid dienone is 1. The Morgan fingerprint density at radius 2 is 2.03 bits per heavy atom. The van der Waals surface area contributed by atoms with Gasteiger partial charge in [0.2, 0.25) is 5.91 Å². The first-order chi connectivity index (χ1) is 13.8. The molecule has 0 saturated carbocycles. The number of hydrogen-bond acceptors (Lipinski definition) is 3. The minimum Gasteiger partial charge on any atom is -0.493 e. The number of nitrogens with one attached hydrogen (secondary N) is 1. The van der Waals surface area contributed by atoms with E-state index in [1.807, 2.05) is 12.1 Å². The van der Waals surface area contributed by atoms with Crippen molar-refractivity contribution in [3.8, 4) is 5.75 Å². The van der Waals surface area contributed by atoms with Crippen molar-refractivity contribution < 1.29 is 27.8 Å². The Hall–Kier alpha value is -2.80. The molecule has 0 saturated heterocycles. The molecule has 0 radical (unpaired) electrons. The molecule has 0 spiro atoms. The van der Waals surface area contributed by atoms with Crippen LogP contribution in [0.4, 0.5) is 18.9 Å². The summed E-state index contributed by atoms with van der Waals surface area (Å²) in [6.07, 6.45) is -1.31. The lowest BCUT2D eigenvalue weighted by molar-refractivity contribution is -0.137. The molecule has 29 heavy (non-hydrogen) atoms. The average molecular weight is 403 g/mol. The van der Waals surface area contributed by atoms with Crippen LogP contribution in [0.3, 0.4) is 0 Å². The summed E-state index contributed by atoms with van der Waals surface area (Å²) < 4.78 is 44.5. The lowest BCUT2D eigenvalue weighted by Crippen LogP contribution is -2.11. The summed E-state index contributed by atoms with van der Waals surface area (Å²) in [7, 11) is 0. The van der Waals surface area contributed by atoms with Crippen LogP contribution in [0.1, 0.15) is 35.1 Å². The Balaban J connectivity index is 1.61. The highest BCUT2D eigenvalue weighted by molar-refractivity contribution is 6.05. The Kier molecular flexibility index (Phi) is 5.08. The van der Waals surface area contributed by atoms with E-state index in [0.717, 1.165) is 23.3 Å². The molecule has 2 aromatic carbocycles. The van der Waals surface area contributed by atoms with Crippen molar-refractivity contribution >= 4 is 17.2 Å². The first-order valence-electron chi connectivity index (χ1n) is 9.46. The van der Waals surface area contributed by atoms with E-state index in [4.69, 9.17) is 4.74 Å². The molecule has 152 valence electrons. The minimum absolute atomic E-state index is 0.139. The summed E-state index contributed by atoms with van der Waals surface area (Å²) in [4.78, 5) is 12.6. The number of ether oxygens (including phenoxy) is 1. The van der Waals surface area contributed by atoms with Gasteiger partial charge in [-0.05, 0) is 54.2 Å². The molecular weight excluding hydrogens is 383 g/mol. The number of rotatable bonds is 2. The Morgan fingerprint density at radius 1 is 1.21 bits per heavy atom. The number of amides is 1. The number of benzene rings is 2. The molecule has 1 amide bonds. The summed E-state index contributed by atoms with van der Waals surface area (Å²) in [6.45, 7) is 0.289. The molecule has 1 aliphatic carbocycles. The lowest BCUT2D eigenvalue weighted by atomic mass is 9.99. The zero-order valence-electron chi connectivity index (χ0n) is 15.6. The molecule has 0 fully saturated rings. The number of aliphatic hydroxyl groups is 1. The van der Waals surface area contributed by atoms with Crippen molar-refractivity contribution in [2.75, 3.05) is 11.9 Å². The second-order valence-electron chi connectivity index (χ2n) is 7.32. The van der Waals surface area contributed by atoms with Crippen molar-refractivity contribution in [3.05, 3.63) is 64.7 Å². The number of carbonyl (C=O) groups is 1. The predicted molar refractivity (Wildman–Crippen MR) is 103 cm³/mol. The molecule has 0 aromatic heterocycles. The lowest BCUT2D eigenvalue weighted by Gasteiger charge is -2.13. The largest absolute Gasteiger partial charge is 0.493 e. The fourth-order valence-electron chi connectivity index (χ4n) is 3.89. The number of halogens is 3. The van der Waals surface area contributed by atoms with E-state index in [1.165, 1.54) is 12.1 Å². The van der Waals surface area contributed by atoms with Gasteiger partial charge < -0.3 is 15.2 Å². The van der Waals surface area contributed by atoms with E-state index in [0.29, 0.717) is 42.5 Å². The SMILES string of the molecule is O=C(/C=C1\CCCOc2cc(C(F)(F)F)ccc21)Nc1cccc2c1CC(O)C2. The molecule has 0 bridgehead atoms. The van der Waals surface area contributed by atoms with Crippen LogP contribution in [0, 0.1) is 0 Å². The van der Waals surface area contributed by atoms with E-state index >= 15 is 0 Å². The smallest absolute Gasteiger partial charge is 0.416 e. The molecule has 1 heterocycles. The number of anilines is 1. The van der Waals surface area contributed by atoms with Crippen LogP contribution < -0.4 is 10.1 Å². The van der Waals surface area contributed by atoms with E-state index in [9.17, 15) is 23.1 Å². The van der Waals surface area contributed by atoms with Gasteiger partial charge in [0, 0.05) is 23.7 Å². The standard InChI is InChI=1S/C22H20F3NO3/c23-22(24,25)15-6-7-17-14(4-2-8-29-20(17)11-15)10-21(28)26-19-5-1-3-13-9-16(27)12-18(13)19/h1,3,5-7,10-11,16,27H,2,4,8-9,12H2,(H,26,28)/b14-10+. The predicted octanol–water partition coefficient (Wildman–Crippen LogP) is 4.36. The maximum absolute atomic E-state index is 13.0. The van der Waals surface area contributed by atoms with Gasteiger partial charge in [0.1, 0.15) is 5.75 Å². The van der Waals surface area contributed by atoms with Gasteiger partial charge in [-0.3, -0.25) is 4.79 Å². The van der Waals surface area contributed by atoms with Gasteiger partial charge in [-0.1, -0.05) is 18.2 Å². The van der Waals surface area contributed by atoms with E-state index in [1.54, 1.807) is 6.07 Å². The number of fused-ring (bicyclic) bond motifs is 2. The van der Waals surface area contributed by atoms with Crippen LogP contribution in [0.5, 0.6) is 5.75 Å². The van der Waals surface area contributed by atoms with Crippen molar-refractivity contribution in [2.24, 2.45) is 0 Å². The number of carbonyl (C=O) groups excluding carboxylic acids is 1. The maximum atomic E-state index is 13.0. The van der Waals surface area contributed by atoms with Gasteiger partial charge in [-0.25, -0.2) is 0 Å². The molecule has 1 aliphatic heterocycles. The van der Waals surface area contributed by atoms with E-state index < -0.39 is 17.8 Å². The molecular formula is C22H20F3NO3. The Bertz CT molecular complexity index is 982. The third kappa shape index (κ3) is 4.15. The van der Waals surface area contributed by atoms with Crippen molar-refractivity contribution in [1.82, 2.24) is 0 Å². The van der Waals surface area contributed by atoms with Crippen LogP contribution in [0.2, 0.25) is 0 Å². The molecule has 1 unspecified atom stereocenters. The highest BCUT2D eigenvalue weighted by Crippen LogP contribution is 2.38. The minimum atomic E-state index is -4.45. The Morgan fingerprint density at radius 3 is 2.83 bits per heavy atom. The summed E-state index contributed by atoms with van der Waals surface area (Å²) in [6, 6.07) is 8.89. The fraction of sp³-hybridized carbons (Fsp3) is 0.318. The van der Waals surface area contributed by atoms with E-state index in [-0.39, 0.29) is 18.3 Å². The maximum Gasteiger partial charge on any atom is 0.416 e. The molecule has 7 heteroatoms. The highest BCUT2D eigenvalue weighted by atomic mass is 19.4. The molecule has 2 N–H and O–H groups in total. The summed E-state index contributed by atoms with van der Waals surface area (Å²) >= 11 is 0. The topological polar surface area (TPSA) is 58.6 Å². The van der Waals surface area contributed by atoms with Crippen LogP contribution in [0.25, 0.3) is 5.57 Å². The van der Waals surface area contributed by atoms with Crippen LogP contribution >= 0.6 is 0 Å². The first kappa shape index (κ1) is 19.5. The number of alkyl halides is 3. The highest BCUT2D eigenvalue weighted by Gasteiger charge is 2.32. The normalized spacial score (nSPS) is 19.9. The summed E-state index contributed by atoms with van der Waals surface area (Å²) in [5, 5.41) is 12.7. The quantitative estimate of drug-likeness (QED) is 0.733. The summed E-state index contributed by atoms with van der Waals surface area (Å²) in [5.41, 5.74) is 2.94. The fourth-order valence-corrected chi connectivity index (χ4v) is 3.89. The van der Waals surface area contributed by atoms with Crippen LogP contribution in [-0.2, 0) is 23.8 Å². The third-order valence-electron chi connectivity index (χ3n) is 5.23. The monoisotopic (exact) mass is 403 g/mol. The third-order valence-corrected chi connectivity index (χ3v) is 5.23. The van der Waals surface area contributed by atoms with Gasteiger partial charge in [0.15, 0.2) is 0 Å². The zero-order chi connectivity index (χ0) is 20.6. The molecule has 2 aliphatic rings.